The minimum Gasteiger partial charge on any atom is -0.424 e. The molecule has 2 aliphatic heterocycles. The zero-order chi connectivity index (χ0) is 13.9. The van der Waals surface area contributed by atoms with Gasteiger partial charge in [-0.25, -0.2) is 0 Å². The van der Waals surface area contributed by atoms with Crippen molar-refractivity contribution in [1.82, 2.24) is 20.0 Å². The van der Waals surface area contributed by atoms with Crippen LogP contribution in [-0.4, -0.2) is 65.9 Å². The van der Waals surface area contributed by atoms with Crippen LogP contribution < -0.4 is 0 Å². The summed E-state index contributed by atoms with van der Waals surface area (Å²) in [6.45, 7) is 7.97. The van der Waals surface area contributed by atoms with Crippen LogP contribution in [0.4, 0.5) is 0 Å². The van der Waals surface area contributed by atoms with E-state index < -0.39 is 0 Å². The summed E-state index contributed by atoms with van der Waals surface area (Å²) in [5.41, 5.74) is 0. The average molecular weight is 280 g/mol. The molecule has 0 aromatic carbocycles. The van der Waals surface area contributed by atoms with E-state index in [-0.39, 0.29) is 0 Å². The zero-order valence-electron chi connectivity index (χ0n) is 12.4. The van der Waals surface area contributed by atoms with Crippen LogP contribution in [0.1, 0.15) is 24.6 Å². The standard InChI is InChI=1S/C14H24N4O2/c1-11-15-16-14(20-11)9-17(2)13-3-5-18(8-13)7-12-4-6-19-10-12/h12-13H,3-10H2,1-2H3/t12-,13+/m0/s1. The molecule has 1 aromatic heterocycles. The van der Waals surface area contributed by atoms with E-state index in [1.807, 2.05) is 6.92 Å². The maximum absolute atomic E-state index is 5.46. The number of aromatic nitrogens is 2. The molecule has 0 unspecified atom stereocenters. The van der Waals surface area contributed by atoms with Crippen molar-refractivity contribution in [3.05, 3.63) is 11.8 Å². The molecule has 2 aliphatic rings. The Kier molecular flexibility index (Phi) is 4.33. The normalized spacial score (nSPS) is 27.8. The summed E-state index contributed by atoms with van der Waals surface area (Å²) in [5.74, 6) is 2.09. The Morgan fingerprint density at radius 3 is 2.95 bits per heavy atom. The van der Waals surface area contributed by atoms with Crippen molar-refractivity contribution in [1.29, 1.82) is 0 Å². The summed E-state index contributed by atoms with van der Waals surface area (Å²) in [5, 5.41) is 7.95. The molecule has 3 rings (SSSR count). The highest BCUT2D eigenvalue weighted by Crippen LogP contribution is 2.20. The summed E-state index contributed by atoms with van der Waals surface area (Å²) in [6.07, 6.45) is 2.44. The molecular weight excluding hydrogens is 256 g/mol. The maximum atomic E-state index is 5.46. The highest BCUT2D eigenvalue weighted by molar-refractivity contribution is 4.86. The smallest absolute Gasteiger partial charge is 0.230 e. The fourth-order valence-corrected chi connectivity index (χ4v) is 3.17. The summed E-state index contributed by atoms with van der Waals surface area (Å²) in [4.78, 5) is 4.90. The molecule has 6 nitrogen and oxygen atoms in total. The van der Waals surface area contributed by atoms with Gasteiger partial charge in [-0.1, -0.05) is 0 Å². The van der Waals surface area contributed by atoms with Crippen LogP contribution in [0.25, 0.3) is 0 Å². The molecule has 2 saturated heterocycles. The van der Waals surface area contributed by atoms with E-state index in [1.54, 1.807) is 0 Å². The Morgan fingerprint density at radius 2 is 2.25 bits per heavy atom. The largest absolute Gasteiger partial charge is 0.424 e. The predicted octanol–water partition coefficient (Wildman–Crippen LogP) is 0.921. The van der Waals surface area contributed by atoms with Crippen LogP contribution >= 0.6 is 0 Å². The number of aryl methyl sites for hydroxylation is 1. The number of nitrogens with zero attached hydrogens (tertiary/aromatic N) is 4. The van der Waals surface area contributed by atoms with E-state index >= 15 is 0 Å². The lowest BCUT2D eigenvalue weighted by Crippen LogP contribution is -2.35. The Balaban J connectivity index is 1.46. The van der Waals surface area contributed by atoms with Crippen molar-refractivity contribution in [3.8, 4) is 0 Å². The lowest BCUT2D eigenvalue weighted by atomic mass is 10.1. The third-order valence-electron chi connectivity index (χ3n) is 4.36. The van der Waals surface area contributed by atoms with E-state index in [0.717, 1.165) is 32.2 Å². The van der Waals surface area contributed by atoms with Gasteiger partial charge in [0, 0.05) is 32.7 Å². The molecule has 0 bridgehead atoms. The summed E-state index contributed by atoms with van der Waals surface area (Å²) < 4.78 is 10.9. The number of rotatable bonds is 5. The molecule has 20 heavy (non-hydrogen) atoms. The zero-order valence-corrected chi connectivity index (χ0v) is 12.4. The molecular formula is C14H24N4O2. The van der Waals surface area contributed by atoms with Gasteiger partial charge in [0.25, 0.3) is 0 Å². The van der Waals surface area contributed by atoms with E-state index in [4.69, 9.17) is 9.15 Å². The second-order valence-electron chi connectivity index (χ2n) is 6.06. The second kappa shape index (κ2) is 6.20. The molecule has 2 atom stereocenters. The molecule has 6 heteroatoms. The van der Waals surface area contributed by atoms with Gasteiger partial charge in [0.05, 0.1) is 13.2 Å². The van der Waals surface area contributed by atoms with Gasteiger partial charge >= 0.3 is 0 Å². The number of ether oxygens (including phenoxy) is 1. The van der Waals surface area contributed by atoms with Crippen molar-refractivity contribution in [2.24, 2.45) is 5.92 Å². The Hall–Kier alpha value is -0.980. The topological polar surface area (TPSA) is 54.6 Å². The number of hydrogen-bond donors (Lipinski definition) is 0. The van der Waals surface area contributed by atoms with Gasteiger partial charge in [-0.05, 0) is 32.4 Å². The van der Waals surface area contributed by atoms with E-state index in [9.17, 15) is 0 Å². The third-order valence-corrected chi connectivity index (χ3v) is 4.36. The molecule has 0 radical (unpaired) electrons. The Bertz CT molecular complexity index is 431. The fourth-order valence-electron chi connectivity index (χ4n) is 3.17. The first kappa shape index (κ1) is 14.0. The monoisotopic (exact) mass is 280 g/mol. The summed E-state index contributed by atoms with van der Waals surface area (Å²) in [7, 11) is 2.15. The van der Waals surface area contributed by atoms with Gasteiger partial charge in [0.1, 0.15) is 0 Å². The third kappa shape index (κ3) is 3.37. The van der Waals surface area contributed by atoms with Crippen molar-refractivity contribution in [2.75, 3.05) is 39.9 Å². The molecule has 0 amide bonds. The van der Waals surface area contributed by atoms with E-state index in [0.29, 0.717) is 17.8 Å². The maximum Gasteiger partial charge on any atom is 0.230 e. The highest BCUT2D eigenvalue weighted by atomic mass is 16.5. The lowest BCUT2D eigenvalue weighted by molar-refractivity contribution is 0.167. The first-order valence-corrected chi connectivity index (χ1v) is 7.50. The molecule has 112 valence electrons. The van der Waals surface area contributed by atoms with Crippen LogP contribution in [0.5, 0.6) is 0 Å². The molecule has 3 heterocycles. The Morgan fingerprint density at radius 1 is 1.35 bits per heavy atom. The summed E-state index contributed by atoms with van der Waals surface area (Å²) in [6, 6.07) is 0.588. The minimum atomic E-state index is 0.588. The number of likely N-dealkylation sites (N-methyl/N-ethyl adjacent to an activating group) is 1. The van der Waals surface area contributed by atoms with Crippen molar-refractivity contribution < 1.29 is 9.15 Å². The number of likely N-dealkylation sites (tertiary alicyclic amines) is 1. The van der Waals surface area contributed by atoms with Gasteiger partial charge < -0.3 is 14.1 Å². The minimum absolute atomic E-state index is 0.588. The van der Waals surface area contributed by atoms with Crippen molar-refractivity contribution in [2.45, 2.75) is 32.4 Å². The van der Waals surface area contributed by atoms with E-state index in [1.165, 1.54) is 25.9 Å². The average Bonchev–Trinajstić information content (AvgIpc) is 3.12. The summed E-state index contributed by atoms with van der Waals surface area (Å²) >= 11 is 0. The quantitative estimate of drug-likeness (QED) is 0.799. The molecule has 0 saturated carbocycles. The molecule has 1 aromatic rings. The van der Waals surface area contributed by atoms with Crippen LogP contribution in [0.3, 0.4) is 0 Å². The van der Waals surface area contributed by atoms with Gasteiger partial charge in [0.15, 0.2) is 0 Å². The van der Waals surface area contributed by atoms with Crippen LogP contribution in [0.15, 0.2) is 4.42 Å². The number of hydrogen-bond acceptors (Lipinski definition) is 6. The van der Waals surface area contributed by atoms with Crippen molar-refractivity contribution in [3.63, 3.8) is 0 Å². The van der Waals surface area contributed by atoms with Gasteiger partial charge in [-0.15, -0.1) is 10.2 Å². The first-order chi connectivity index (χ1) is 9.70. The Labute approximate surface area is 120 Å². The molecule has 2 fully saturated rings. The van der Waals surface area contributed by atoms with E-state index in [2.05, 4.69) is 27.0 Å². The molecule has 0 N–H and O–H groups in total. The molecule has 0 aliphatic carbocycles. The van der Waals surface area contributed by atoms with Gasteiger partial charge in [-0.3, -0.25) is 4.90 Å². The predicted molar refractivity (Wildman–Crippen MR) is 74.3 cm³/mol. The van der Waals surface area contributed by atoms with Crippen LogP contribution in [0.2, 0.25) is 0 Å². The first-order valence-electron chi connectivity index (χ1n) is 7.50. The SMILES string of the molecule is Cc1nnc(CN(C)[C@@H]2CCN(C[C@@H]3CCOC3)C2)o1. The van der Waals surface area contributed by atoms with Crippen LogP contribution in [-0.2, 0) is 11.3 Å². The second-order valence-corrected chi connectivity index (χ2v) is 6.06. The van der Waals surface area contributed by atoms with Gasteiger partial charge in [0.2, 0.25) is 11.8 Å². The van der Waals surface area contributed by atoms with Crippen molar-refractivity contribution >= 4 is 0 Å². The molecule has 0 spiro atoms. The van der Waals surface area contributed by atoms with Crippen LogP contribution in [0, 0.1) is 12.8 Å². The fraction of sp³-hybridized carbons (Fsp3) is 0.857. The van der Waals surface area contributed by atoms with Gasteiger partial charge in [-0.2, -0.15) is 0 Å². The lowest BCUT2D eigenvalue weighted by Gasteiger charge is -2.24. The highest BCUT2D eigenvalue weighted by Gasteiger charge is 2.29.